The second-order valence-electron chi connectivity index (χ2n) is 15.5. The van der Waals surface area contributed by atoms with Crippen LogP contribution in [0.2, 0.25) is 0 Å². The van der Waals surface area contributed by atoms with Gasteiger partial charge in [0.2, 0.25) is 11.8 Å². The second kappa shape index (κ2) is 14.5. The molecule has 2 fully saturated rings. The third kappa shape index (κ3) is 6.07. The van der Waals surface area contributed by atoms with Crippen molar-refractivity contribution in [2.24, 2.45) is 23.7 Å². The van der Waals surface area contributed by atoms with E-state index in [-0.39, 0.29) is 60.9 Å². The van der Waals surface area contributed by atoms with Crippen molar-refractivity contribution < 1.29 is 34.1 Å². The molecule has 1 aliphatic heterocycles. The molecule has 284 valence electrons. The number of amides is 2. The van der Waals surface area contributed by atoms with Crippen molar-refractivity contribution in [1.82, 2.24) is 4.90 Å². The minimum Gasteiger partial charge on any atom is -0.508 e. The number of aromatic hydroxyl groups is 2. The average molecular weight is 756 g/mol. The molecular weight excluding hydrogens is 715 g/mol. The van der Waals surface area contributed by atoms with Crippen molar-refractivity contribution >= 4 is 29.0 Å². The van der Waals surface area contributed by atoms with Crippen molar-refractivity contribution in [2.45, 2.75) is 37.2 Å². The molecule has 9 rings (SSSR count). The average Bonchev–Trinajstić information content (AvgIpc) is 3.49. The molecule has 57 heavy (non-hydrogen) atoms. The number of hydrogen-bond donors (Lipinski definition) is 2. The van der Waals surface area contributed by atoms with Crippen molar-refractivity contribution in [3.05, 3.63) is 179 Å². The Kier molecular flexibility index (Phi) is 9.20. The number of fused-ring (bicyclic) bond motifs is 4. The van der Waals surface area contributed by atoms with Crippen LogP contribution in [0.4, 0.5) is 0 Å². The summed E-state index contributed by atoms with van der Waals surface area (Å²) < 4.78 is 6.09. The van der Waals surface area contributed by atoms with Crippen LogP contribution in [0.3, 0.4) is 0 Å². The van der Waals surface area contributed by atoms with E-state index in [0.717, 1.165) is 16.7 Å². The lowest BCUT2D eigenvalue weighted by Crippen LogP contribution is -2.58. The monoisotopic (exact) mass is 755 g/mol. The van der Waals surface area contributed by atoms with Gasteiger partial charge in [-0.15, -0.1) is 0 Å². The fraction of sp³-hybridized carbons (Fsp3) is 0.224. The van der Waals surface area contributed by atoms with Gasteiger partial charge in [0.25, 0.3) is 0 Å². The molecule has 3 aliphatic carbocycles. The van der Waals surface area contributed by atoms with E-state index in [1.54, 1.807) is 42.5 Å². The number of benzene rings is 5. The Balaban J connectivity index is 1.17. The summed E-state index contributed by atoms with van der Waals surface area (Å²) >= 11 is 0. The first kappa shape index (κ1) is 36.1. The molecule has 1 saturated carbocycles. The summed E-state index contributed by atoms with van der Waals surface area (Å²) in [5, 5.41) is 21.8. The topological polar surface area (TPSA) is 121 Å². The second-order valence-corrected chi connectivity index (χ2v) is 15.5. The van der Waals surface area contributed by atoms with Crippen molar-refractivity contribution in [1.29, 1.82) is 0 Å². The Bertz CT molecular complexity index is 2440. The van der Waals surface area contributed by atoms with E-state index in [2.05, 4.69) is 0 Å². The molecule has 8 nitrogen and oxygen atoms in total. The minimum atomic E-state index is -1.46. The van der Waals surface area contributed by atoms with Gasteiger partial charge in [0.05, 0.1) is 17.3 Å². The molecule has 5 aromatic rings. The molecule has 2 N–H and O–H groups in total. The van der Waals surface area contributed by atoms with Crippen LogP contribution in [0, 0.1) is 23.7 Å². The number of Topliss-reactive ketones (excluding diaryl/α,β-unsaturated/α-hetero) is 1. The van der Waals surface area contributed by atoms with Crippen LogP contribution in [0.15, 0.2) is 151 Å². The summed E-state index contributed by atoms with van der Waals surface area (Å²) in [5.41, 5.74) is 3.21. The van der Waals surface area contributed by atoms with Crippen LogP contribution in [0.1, 0.15) is 46.6 Å². The lowest BCUT2D eigenvalue weighted by Gasteiger charge is -2.55. The predicted molar refractivity (Wildman–Crippen MR) is 214 cm³/mol. The van der Waals surface area contributed by atoms with Crippen molar-refractivity contribution in [3.8, 4) is 17.2 Å². The Morgan fingerprint density at radius 2 is 1.40 bits per heavy atom. The quantitative estimate of drug-likeness (QED) is 0.117. The molecule has 4 aliphatic rings. The SMILES string of the molecule is O=C1C(c2ccccc2)=CC(=O)[C@@]2(c3ccccc3)[C@@H](c3ccc(OCc4ccccc4)cc3O)C3=CC[C@@H]4C(=O)N(CCc5ccc(O)cc5)C(=O)[C@@H]4[C@@H]3C[C@@H]12. The molecule has 5 aromatic carbocycles. The number of imide groups is 1. The molecular formula is C49H41NO7. The zero-order chi connectivity index (χ0) is 39.3. The van der Waals surface area contributed by atoms with Gasteiger partial charge in [0.1, 0.15) is 23.9 Å². The summed E-state index contributed by atoms with van der Waals surface area (Å²) in [6.07, 6.45) is 4.37. The van der Waals surface area contributed by atoms with Gasteiger partial charge in [-0.05, 0) is 71.7 Å². The Morgan fingerprint density at radius 3 is 2.11 bits per heavy atom. The van der Waals surface area contributed by atoms with Gasteiger partial charge in [-0.1, -0.05) is 121 Å². The van der Waals surface area contributed by atoms with E-state index in [4.69, 9.17) is 4.74 Å². The van der Waals surface area contributed by atoms with Gasteiger partial charge >= 0.3 is 0 Å². The maximum atomic E-state index is 15.3. The molecule has 8 heteroatoms. The number of carbonyl (C=O) groups excluding carboxylic acids is 4. The molecule has 1 heterocycles. The Hall–Kier alpha value is -6.54. The minimum absolute atomic E-state index is 0.0919. The molecule has 2 amide bonds. The van der Waals surface area contributed by atoms with E-state index < -0.39 is 35.0 Å². The van der Waals surface area contributed by atoms with Crippen LogP contribution < -0.4 is 4.74 Å². The number of rotatable bonds is 9. The molecule has 0 radical (unpaired) electrons. The zero-order valence-corrected chi connectivity index (χ0v) is 31.2. The summed E-state index contributed by atoms with van der Waals surface area (Å²) in [7, 11) is 0. The summed E-state index contributed by atoms with van der Waals surface area (Å²) in [4.78, 5) is 60.5. The Morgan fingerprint density at radius 1 is 0.719 bits per heavy atom. The standard InChI is InChI=1S/C49H41NO7/c51-34-18-16-30(17-19-34)24-25-50-47(55)38-23-22-36-40(44(38)48(50)56)27-41-46(54)39(32-12-6-2-7-13-32)28-43(53)49(41,33-14-8-3-9-15-33)45(36)37-21-20-35(26-42(37)52)57-29-31-10-4-1-5-11-31/h1-22,26,28,38,40-41,44-45,51-52H,23-25,27,29H2/t38-,40+,41-,44-,45+,49-/m0/s1. The van der Waals surface area contributed by atoms with Crippen LogP contribution in [-0.4, -0.2) is 45.0 Å². The fourth-order valence-electron chi connectivity index (χ4n) is 10.0. The van der Waals surface area contributed by atoms with Gasteiger partial charge in [0.15, 0.2) is 11.6 Å². The molecule has 1 saturated heterocycles. The number of phenolic OH excluding ortho intramolecular Hbond substituents is 2. The summed E-state index contributed by atoms with van der Waals surface area (Å²) in [6.45, 7) is 0.469. The number of ether oxygens (including phenoxy) is 1. The van der Waals surface area contributed by atoms with Crippen LogP contribution >= 0.6 is 0 Å². The molecule has 0 spiro atoms. The van der Waals surface area contributed by atoms with Gasteiger partial charge in [0, 0.05) is 35.6 Å². The number of likely N-dealkylation sites (tertiary alicyclic amines) is 1. The summed E-state index contributed by atoms with van der Waals surface area (Å²) in [6, 6.07) is 40.0. The highest BCUT2D eigenvalue weighted by molar-refractivity contribution is 6.31. The van der Waals surface area contributed by atoms with Crippen LogP contribution in [-0.2, 0) is 37.6 Å². The van der Waals surface area contributed by atoms with Crippen LogP contribution in [0.25, 0.3) is 5.57 Å². The van der Waals surface area contributed by atoms with E-state index in [1.165, 1.54) is 11.0 Å². The highest BCUT2D eigenvalue weighted by Crippen LogP contribution is 2.64. The normalized spacial score (nSPS) is 25.3. The molecule has 6 atom stereocenters. The number of allylic oxidation sites excluding steroid dienone is 4. The molecule has 0 bridgehead atoms. The lowest BCUT2D eigenvalue weighted by molar-refractivity contribution is -0.140. The third-order valence-corrected chi connectivity index (χ3v) is 12.6. The van der Waals surface area contributed by atoms with E-state index in [9.17, 15) is 19.8 Å². The molecule has 0 unspecified atom stereocenters. The van der Waals surface area contributed by atoms with E-state index in [0.29, 0.717) is 34.4 Å². The van der Waals surface area contributed by atoms with Gasteiger partial charge in [-0.25, -0.2) is 0 Å². The number of ketones is 2. The van der Waals surface area contributed by atoms with E-state index >= 15 is 9.59 Å². The third-order valence-electron chi connectivity index (χ3n) is 12.6. The fourth-order valence-corrected chi connectivity index (χ4v) is 10.0. The molecule has 0 aromatic heterocycles. The first-order chi connectivity index (χ1) is 27.8. The smallest absolute Gasteiger partial charge is 0.233 e. The predicted octanol–water partition coefficient (Wildman–Crippen LogP) is 7.74. The zero-order valence-electron chi connectivity index (χ0n) is 31.2. The Labute approximate surface area is 330 Å². The van der Waals surface area contributed by atoms with Crippen molar-refractivity contribution in [3.63, 3.8) is 0 Å². The van der Waals surface area contributed by atoms with Gasteiger partial charge in [-0.3, -0.25) is 24.1 Å². The lowest BCUT2D eigenvalue weighted by atomic mass is 9.44. The number of nitrogens with zero attached hydrogens (tertiary/aromatic N) is 1. The first-order valence-corrected chi connectivity index (χ1v) is 19.5. The van der Waals surface area contributed by atoms with Crippen molar-refractivity contribution in [2.75, 3.05) is 6.54 Å². The highest BCUT2D eigenvalue weighted by atomic mass is 16.5. The maximum Gasteiger partial charge on any atom is 0.233 e. The number of phenols is 2. The summed E-state index contributed by atoms with van der Waals surface area (Å²) in [5.74, 6) is -4.16. The number of carbonyl (C=O) groups is 4. The largest absolute Gasteiger partial charge is 0.508 e. The van der Waals surface area contributed by atoms with Gasteiger partial charge < -0.3 is 14.9 Å². The first-order valence-electron chi connectivity index (χ1n) is 19.5. The van der Waals surface area contributed by atoms with E-state index in [1.807, 2.05) is 97.1 Å². The van der Waals surface area contributed by atoms with Crippen LogP contribution in [0.5, 0.6) is 17.2 Å². The maximum absolute atomic E-state index is 15.3. The van der Waals surface area contributed by atoms with Gasteiger partial charge in [-0.2, -0.15) is 0 Å². The highest BCUT2D eigenvalue weighted by Gasteiger charge is 2.66. The number of hydrogen-bond acceptors (Lipinski definition) is 7.